The standard InChI is InChI=1S/C21H32N4O3/c1-6-15-9-11-16(12-10-15)17(24(4)5)13-22-18(26)14-25-19(27)21(7-2,8-3)23-20(25)28/h9-12,17H,6-8,13-14H2,1-5H3,(H,22,26)(H,23,28). The number of hydrogen-bond donors (Lipinski definition) is 2. The number of carbonyl (C=O) groups is 3. The van der Waals surface area contributed by atoms with E-state index in [9.17, 15) is 14.4 Å². The van der Waals surface area contributed by atoms with E-state index in [0.717, 1.165) is 16.9 Å². The third-order valence-electron chi connectivity index (χ3n) is 5.64. The van der Waals surface area contributed by atoms with Crippen LogP contribution in [0.4, 0.5) is 4.79 Å². The second-order valence-corrected chi connectivity index (χ2v) is 7.49. The van der Waals surface area contributed by atoms with Crippen LogP contribution in [-0.2, 0) is 16.0 Å². The summed E-state index contributed by atoms with van der Waals surface area (Å²) in [5.41, 5.74) is 1.48. The first-order valence-corrected chi connectivity index (χ1v) is 9.94. The van der Waals surface area contributed by atoms with E-state index < -0.39 is 11.6 Å². The van der Waals surface area contributed by atoms with E-state index in [1.54, 1.807) is 0 Å². The van der Waals surface area contributed by atoms with Gasteiger partial charge in [0.25, 0.3) is 5.91 Å². The summed E-state index contributed by atoms with van der Waals surface area (Å²) >= 11 is 0. The Hall–Kier alpha value is -2.41. The number of urea groups is 1. The summed E-state index contributed by atoms with van der Waals surface area (Å²) in [4.78, 5) is 40.3. The predicted octanol–water partition coefficient (Wildman–Crippen LogP) is 2.08. The molecule has 28 heavy (non-hydrogen) atoms. The van der Waals surface area contributed by atoms with Crippen LogP contribution in [-0.4, -0.2) is 60.4 Å². The molecule has 1 fully saturated rings. The van der Waals surface area contributed by atoms with Crippen LogP contribution in [0.25, 0.3) is 0 Å². The number of aryl methyl sites for hydroxylation is 1. The van der Waals surface area contributed by atoms with E-state index in [1.807, 2.05) is 32.8 Å². The third-order valence-corrected chi connectivity index (χ3v) is 5.64. The summed E-state index contributed by atoms with van der Waals surface area (Å²) in [6.45, 7) is 5.96. The van der Waals surface area contributed by atoms with Crippen molar-refractivity contribution >= 4 is 17.8 Å². The number of benzene rings is 1. The smallest absolute Gasteiger partial charge is 0.325 e. The molecule has 1 heterocycles. The topological polar surface area (TPSA) is 81.8 Å². The fourth-order valence-electron chi connectivity index (χ4n) is 3.53. The van der Waals surface area contributed by atoms with Crippen LogP contribution in [0.2, 0.25) is 0 Å². The van der Waals surface area contributed by atoms with Crippen LogP contribution in [0.3, 0.4) is 0 Å². The number of rotatable bonds is 9. The average molecular weight is 389 g/mol. The van der Waals surface area contributed by atoms with Crippen molar-refractivity contribution in [2.45, 2.75) is 51.6 Å². The van der Waals surface area contributed by atoms with E-state index >= 15 is 0 Å². The van der Waals surface area contributed by atoms with Crippen LogP contribution in [0.15, 0.2) is 24.3 Å². The van der Waals surface area contributed by atoms with Crippen molar-refractivity contribution in [1.29, 1.82) is 0 Å². The minimum Gasteiger partial charge on any atom is -0.353 e. The zero-order valence-electron chi connectivity index (χ0n) is 17.5. The molecular weight excluding hydrogens is 356 g/mol. The molecule has 154 valence electrons. The molecule has 4 amide bonds. The lowest BCUT2D eigenvalue weighted by Crippen LogP contribution is -2.47. The van der Waals surface area contributed by atoms with Gasteiger partial charge in [0, 0.05) is 6.54 Å². The van der Waals surface area contributed by atoms with Gasteiger partial charge in [0.15, 0.2) is 0 Å². The molecule has 0 saturated carbocycles. The van der Waals surface area contributed by atoms with Gasteiger partial charge in [-0.3, -0.25) is 14.5 Å². The number of hydrogen-bond acceptors (Lipinski definition) is 4. The summed E-state index contributed by atoms with van der Waals surface area (Å²) < 4.78 is 0. The molecule has 1 aliphatic heterocycles. The first-order valence-electron chi connectivity index (χ1n) is 9.94. The van der Waals surface area contributed by atoms with Gasteiger partial charge < -0.3 is 15.5 Å². The average Bonchev–Trinajstić information content (AvgIpc) is 2.93. The zero-order valence-corrected chi connectivity index (χ0v) is 17.5. The fraction of sp³-hybridized carbons (Fsp3) is 0.571. The van der Waals surface area contributed by atoms with Gasteiger partial charge in [-0.2, -0.15) is 0 Å². The van der Waals surface area contributed by atoms with Crippen molar-refractivity contribution in [2.24, 2.45) is 0 Å². The van der Waals surface area contributed by atoms with Crippen LogP contribution < -0.4 is 10.6 Å². The quantitative estimate of drug-likeness (QED) is 0.635. The van der Waals surface area contributed by atoms with E-state index in [4.69, 9.17) is 0 Å². The van der Waals surface area contributed by atoms with Crippen molar-refractivity contribution in [2.75, 3.05) is 27.2 Å². The third kappa shape index (κ3) is 4.52. The Kier molecular flexibility index (Phi) is 7.18. The van der Waals surface area contributed by atoms with E-state index in [0.29, 0.717) is 19.4 Å². The Bertz CT molecular complexity index is 711. The second-order valence-electron chi connectivity index (χ2n) is 7.49. The van der Waals surface area contributed by atoms with Gasteiger partial charge in [-0.25, -0.2) is 4.79 Å². The van der Waals surface area contributed by atoms with Crippen molar-refractivity contribution in [3.63, 3.8) is 0 Å². The van der Waals surface area contributed by atoms with Gasteiger partial charge >= 0.3 is 6.03 Å². The van der Waals surface area contributed by atoms with Crippen LogP contribution in [0.1, 0.15) is 50.8 Å². The molecule has 0 bridgehead atoms. The van der Waals surface area contributed by atoms with Gasteiger partial charge in [0.1, 0.15) is 12.1 Å². The molecule has 1 saturated heterocycles. The highest BCUT2D eigenvalue weighted by molar-refractivity contribution is 6.08. The lowest BCUT2D eigenvalue weighted by atomic mass is 9.93. The van der Waals surface area contributed by atoms with E-state index in [2.05, 4.69) is 41.8 Å². The maximum absolute atomic E-state index is 12.6. The summed E-state index contributed by atoms with van der Waals surface area (Å²) in [6, 6.07) is 7.84. The molecule has 0 radical (unpaired) electrons. The number of imide groups is 1. The summed E-state index contributed by atoms with van der Waals surface area (Å²) in [5, 5.41) is 5.61. The number of nitrogens with one attached hydrogen (secondary N) is 2. The summed E-state index contributed by atoms with van der Waals surface area (Å²) in [5.74, 6) is -0.666. The first-order chi connectivity index (χ1) is 13.3. The maximum atomic E-state index is 12.6. The largest absolute Gasteiger partial charge is 0.353 e. The van der Waals surface area contributed by atoms with Crippen molar-refractivity contribution < 1.29 is 14.4 Å². The molecule has 2 N–H and O–H groups in total. The molecule has 1 atom stereocenters. The van der Waals surface area contributed by atoms with Gasteiger partial charge in [-0.15, -0.1) is 0 Å². The van der Waals surface area contributed by atoms with Gasteiger partial charge in [-0.1, -0.05) is 45.0 Å². The van der Waals surface area contributed by atoms with Gasteiger partial charge in [0.2, 0.25) is 5.91 Å². The Labute approximate surface area is 167 Å². The molecule has 2 rings (SSSR count). The van der Waals surface area contributed by atoms with Crippen molar-refractivity contribution in [1.82, 2.24) is 20.4 Å². The van der Waals surface area contributed by atoms with Crippen molar-refractivity contribution in [3.8, 4) is 0 Å². The Morgan fingerprint density at radius 2 is 1.75 bits per heavy atom. The Morgan fingerprint density at radius 1 is 1.14 bits per heavy atom. The SMILES string of the molecule is CCc1ccc(C(CNC(=O)CN2C(=O)NC(CC)(CC)C2=O)N(C)C)cc1. The molecule has 7 nitrogen and oxygen atoms in total. The number of nitrogens with zero attached hydrogens (tertiary/aromatic N) is 2. The van der Waals surface area contributed by atoms with Crippen molar-refractivity contribution in [3.05, 3.63) is 35.4 Å². The van der Waals surface area contributed by atoms with E-state index in [1.165, 1.54) is 5.56 Å². The lowest BCUT2D eigenvalue weighted by Gasteiger charge is -2.26. The molecule has 0 spiro atoms. The maximum Gasteiger partial charge on any atom is 0.325 e. The molecule has 0 aromatic heterocycles. The number of amides is 4. The highest BCUT2D eigenvalue weighted by Gasteiger charge is 2.49. The normalized spacial score (nSPS) is 17.0. The Morgan fingerprint density at radius 3 is 2.21 bits per heavy atom. The molecule has 7 heteroatoms. The van der Waals surface area contributed by atoms with E-state index in [-0.39, 0.29) is 24.4 Å². The minimum atomic E-state index is -0.884. The predicted molar refractivity (Wildman–Crippen MR) is 109 cm³/mol. The Balaban J connectivity index is 1.99. The number of carbonyl (C=O) groups excluding carboxylic acids is 3. The zero-order chi connectivity index (χ0) is 20.9. The second kappa shape index (κ2) is 9.19. The highest BCUT2D eigenvalue weighted by atomic mass is 16.2. The lowest BCUT2D eigenvalue weighted by molar-refractivity contribution is -0.135. The van der Waals surface area contributed by atoms with Crippen LogP contribution in [0.5, 0.6) is 0 Å². The highest BCUT2D eigenvalue weighted by Crippen LogP contribution is 2.24. The molecule has 1 unspecified atom stereocenters. The summed E-state index contributed by atoms with van der Waals surface area (Å²) in [6.07, 6.45) is 1.98. The monoisotopic (exact) mass is 388 g/mol. The molecule has 1 aromatic rings. The summed E-state index contributed by atoms with van der Waals surface area (Å²) in [7, 11) is 3.91. The molecule has 1 aliphatic rings. The van der Waals surface area contributed by atoms with Crippen LogP contribution >= 0.6 is 0 Å². The molecule has 0 aliphatic carbocycles. The minimum absolute atomic E-state index is 0.00309. The fourth-order valence-corrected chi connectivity index (χ4v) is 3.53. The van der Waals surface area contributed by atoms with Gasteiger partial charge in [-0.05, 0) is 44.5 Å². The first kappa shape index (κ1) is 21.9. The molecular formula is C21H32N4O3. The van der Waals surface area contributed by atoms with Gasteiger partial charge in [0.05, 0.1) is 6.04 Å². The van der Waals surface area contributed by atoms with Crippen LogP contribution in [0, 0.1) is 0 Å². The number of likely N-dealkylation sites (N-methyl/N-ethyl adjacent to an activating group) is 1. The molecule has 1 aromatic carbocycles.